The number of sulfonamides is 1. The lowest BCUT2D eigenvalue weighted by Gasteiger charge is -2.27. The summed E-state index contributed by atoms with van der Waals surface area (Å²) in [5.74, 6) is 0.288. The van der Waals surface area contributed by atoms with E-state index < -0.39 is 15.5 Å². The van der Waals surface area contributed by atoms with Crippen LogP contribution in [0.4, 0.5) is 13.2 Å². The van der Waals surface area contributed by atoms with Crippen LogP contribution in [0.15, 0.2) is 10.8 Å². The van der Waals surface area contributed by atoms with Crippen LogP contribution in [-0.4, -0.2) is 34.3 Å². The van der Waals surface area contributed by atoms with Gasteiger partial charge in [-0.05, 0) is 15.9 Å². The van der Waals surface area contributed by atoms with E-state index in [0.29, 0.717) is 8.91 Å². The van der Waals surface area contributed by atoms with E-state index in [-0.39, 0.29) is 25.5 Å². The van der Waals surface area contributed by atoms with E-state index in [9.17, 15) is 21.6 Å². The van der Waals surface area contributed by atoms with Gasteiger partial charge in [-0.2, -0.15) is 17.5 Å². The van der Waals surface area contributed by atoms with Crippen molar-refractivity contribution in [1.82, 2.24) is 13.9 Å². The van der Waals surface area contributed by atoms with Crippen molar-refractivity contribution in [2.24, 2.45) is 0 Å². The van der Waals surface area contributed by atoms with Gasteiger partial charge in [0.15, 0.2) is 0 Å². The van der Waals surface area contributed by atoms with Gasteiger partial charge in [0.05, 0.1) is 6.54 Å². The fraction of sp³-hybridized carbons (Fsp3) is 0.571. The Balaban J connectivity index is 2.29. The molecule has 10 heteroatoms. The predicted molar refractivity (Wildman–Crippen MR) is 55.3 cm³/mol. The second-order valence-corrected chi connectivity index (χ2v) is 6.20. The summed E-state index contributed by atoms with van der Waals surface area (Å²) in [6, 6.07) is 0. The molecule has 0 aliphatic carbocycles. The number of halogens is 4. The van der Waals surface area contributed by atoms with Crippen LogP contribution in [0.5, 0.6) is 0 Å². The molecule has 0 N–H and O–H groups in total. The molecule has 1 aromatic heterocycles. The number of nitrogens with zero attached hydrogens (tertiary/aromatic N) is 3. The molecule has 1 aromatic rings. The van der Waals surface area contributed by atoms with Crippen LogP contribution >= 0.6 is 15.9 Å². The highest BCUT2D eigenvalue weighted by Gasteiger charge is 2.50. The average Bonchev–Trinajstić information content (AvgIpc) is 2.54. The minimum Gasteiger partial charge on any atom is -0.331 e. The molecule has 0 bridgehead atoms. The zero-order valence-electron chi connectivity index (χ0n) is 8.28. The molecule has 1 aliphatic rings. The van der Waals surface area contributed by atoms with Gasteiger partial charge in [0.1, 0.15) is 10.4 Å². The molecule has 17 heavy (non-hydrogen) atoms. The molecule has 0 saturated carbocycles. The maximum atomic E-state index is 12.3. The summed E-state index contributed by atoms with van der Waals surface area (Å²) in [5.41, 5.74) is -5.26. The number of alkyl halides is 3. The number of fused-ring (bicyclic) bond motifs is 1. The van der Waals surface area contributed by atoms with Crippen molar-refractivity contribution in [3.63, 3.8) is 0 Å². The molecular formula is C7H7BrF3N3O2S. The van der Waals surface area contributed by atoms with Gasteiger partial charge in [0, 0.05) is 19.3 Å². The summed E-state index contributed by atoms with van der Waals surface area (Å²) in [5, 5.41) is 0. The van der Waals surface area contributed by atoms with E-state index in [1.54, 1.807) is 10.8 Å². The Bertz CT molecular complexity index is 539. The number of rotatable bonds is 1. The highest BCUT2D eigenvalue weighted by atomic mass is 79.9. The molecule has 2 rings (SSSR count). The molecule has 0 fully saturated rings. The number of hydrogen-bond donors (Lipinski definition) is 0. The van der Waals surface area contributed by atoms with Crippen molar-refractivity contribution >= 4 is 26.0 Å². The molecule has 0 aromatic carbocycles. The van der Waals surface area contributed by atoms with Crippen molar-refractivity contribution < 1.29 is 21.6 Å². The van der Waals surface area contributed by atoms with Gasteiger partial charge in [-0.15, -0.1) is 0 Å². The predicted octanol–water partition coefficient (Wildman–Crippen LogP) is 1.31. The molecule has 0 amide bonds. The highest BCUT2D eigenvalue weighted by molar-refractivity contribution is 9.10. The third-order valence-electron chi connectivity index (χ3n) is 2.37. The van der Waals surface area contributed by atoms with Crippen LogP contribution in [-0.2, 0) is 23.1 Å². The largest absolute Gasteiger partial charge is 0.511 e. The number of aromatic nitrogens is 2. The van der Waals surface area contributed by atoms with E-state index in [1.807, 2.05) is 0 Å². The Morgan fingerprint density at radius 1 is 1.35 bits per heavy atom. The Labute approximate surface area is 103 Å². The van der Waals surface area contributed by atoms with Crippen molar-refractivity contribution in [2.75, 3.05) is 6.54 Å². The second-order valence-electron chi connectivity index (χ2n) is 3.46. The average molecular weight is 334 g/mol. The zero-order valence-corrected chi connectivity index (χ0v) is 10.7. The van der Waals surface area contributed by atoms with Crippen molar-refractivity contribution in [3.8, 4) is 0 Å². The van der Waals surface area contributed by atoms with E-state index in [1.165, 1.54) is 0 Å². The molecule has 1 aliphatic heterocycles. The van der Waals surface area contributed by atoms with Gasteiger partial charge < -0.3 is 4.57 Å². The van der Waals surface area contributed by atoms with E-state index >= 15 is 0 Å². The van der Waals surface area contributed by atoms with Gasteiger partial charge in [-0.3, -0.25) is 0 Å². The fourth-order valence-corrected chi connectivity index (χ4v) is 2.90. The molecule has 2 heterocycles. The summed E-state index contributed by atoms with van der Waals surface area (Å²) in [6.45, 7) is -0.422. The molecule has 0 unspecified atom stereocenters. The van der Waals surface area contributed by atoms with Gasteiger partial charge in [0.2, 0.25) is 0 Å². The van der Waals surface area contributed by atoms with Crippen LogP contribution in [0.1, 0.15) is 5.82 Å². The van der Waals surface area contributed by atoms with Gasteiger partial charge in [-0.25, -0.2) is 13.4 Å². The fourth-order valence-electron chi connectivity index (χ4n) is 1.55. The van der Waals surface area contributed by atoms with Crippen LogP contribution in [0.2, 0.25) is 0 Å². The lowest BCUT2D eigenvalue weighted by Crippen LogP contribution is -2.44. The van der Waals surface area contributed by atoms with Crippen molar-refractivity contribution in [2.45, 2.75) is 18.6 Å². The van der Waals surface area contributed by atoms with Gasteiger partial charge in [0.25, 0.3) is 0 Å². The van der Waals surface area contributed by atoms with E-state index in [0.717, 1.165) is 0 Å². The number of hydrogen-bond acceptors (Lipinski definition) is 3. The standard InChI is InChI=1S/C7H7BrF3N3O2S/c8-5-3-13-1-2-14(4-6(13)12-5)17(15,16)7(9,10)11/h3H,1-2,4H2. The molecule has 0 saturated heterocycles. The topological polar surface area (TPSA) is 55.2 Å². The quantitative estimate of drug-likeness (QED) is 0.778. The monoisotopic (exact) mass is 333 g/mol. The molecule has 0 radical (unpaired) electrons. The third-order valence-corrected chi connectivity index (χ3v) is 4.33. The third kappa shape index (κ3) is 2.20. The van der Waals surface area contributed by atoms with Crippen LogP contribution < -0.4 is 0 Å². The van der Waals surface area contributed by atoms with Crippen molar-refractivity contribution in [3.05, 3.63) is 16.6 Å². The highest BCUT2D eigenvalue weighted by Crippen LogP contribution is 2.29. The lowest BCUT2D eigenvalue weighted by molar-refractivity contribution is -0.0496. The van der Waals surface area contributed by atoms with Crippen molar-refractivity contribution in [1.29, 1.82) is 0 Å². The van der Waals surface area contributed by atoms with Gasteiger partial charge >= 0.3 is 15.5 Å². The molecule has 0 atom stereocenters. The zero-order chi connectivity index (χ0) is 12.8. The van der Waals surface area contributed by atoms with Crippen LogP contribution in [0, 0.1) is 0 Å². The summed E-state index contributed by atoms with van der Waals surface area (Å²) in [7, 11) is -5.27. The maximum Gasteiger partial charge on any atom is 0.511 e. The SMILES string of the molecule is O=S(=O)(N1CCn2cc(Br)nc2C1)C(F)(F)F. The van der Waals surface area contributed by atoms with E-state index in [4.69, 9.17) is 0 Å². The molecular weight excluding hydrogens is 327 g/mol. The molecule has 5 nitrogen and oxygen atoms in total. The Kier molecular flexibility index (Phi) is 2.99. The smallest absolute Gasteiger partial charge is 0.331 e. The second kappa shape index (κ2) is 3.95. The summed E-state index contributed by atoms with van der Waals surface area (Å²) < 4.78 is 61.8. The van der Waals surface area contributed by atoms with Gasteiger partial charge in [-0.1, -0.05) is 0 Å². The first-order valence-electron chi connectivity index (χ1n) is 4.50. The Morgan fingerprint density at radius 3 is 2.59 bits per heavy atom. The molecule has 96 valence electrons. The first kappa shape index (κ1) is 12.8. The summed E-state index contributed by atoms with van der Waals surface area (Å²) in [6.07, 6.45) is 1.60. The first-order chi connectivity index (χ1) is 7.72. The normalized spacial score (nSPS) is 18.1. The van der Waals surface area contributed by atoms with E-state index in [2.05, 4.69) is 20.9 Å². The Hall–Kier alpha value is -0.610. The molecule has 0 spiro atoms. The minimum atomic E-state index is -5.27. The Morgan fingerprint density at radius 2 is 2.00 bits per heavy atom. The first-order valence-corrected chi connectivity index (χ1v) is 6.73. The summed E-state index contributed by atoms with van der Waals surface area (Å²) >= 11 is 3.08. The van der Waals surface area contributed by atoms with Crippen LogP contribution in [0.3, 0.4) is 0 Å². The lowest BCUT2D eigenvalue weighted by atomic mass is 10.4. The maximum absolute atomic E-state index is 12.3. The van der Waals surface area contributed by atoms with Crippen LogP contribution in [0.25, 0.3) is 0 Å². The minimum absolute atomic E-state index is 0.156. The summed E-state index contributed by atoms with van der Waals surface area (Å²) in [4.78, 5) is 3.90. The number of imidazole rings is 1.